The maximum Gasteiger partial charge on any atom is 0.247 e. The molecular formula is C15H17ClN6O. The van der Waals surface area contributed by atoms with Gasteiger partial charge >= 0.3 is 0 Å². The van der Waals surface area contributed by atoms with E-state index in [4.69, 9.17) is 11.6 Å². The van der Waals surface area contributed by atoms with E-state index in [0.29, 0.717) is 49.5 Å². The van der Waals surface area contributed by atoms with Gasteiger partial charge in [-0.3, -0.25) is 4.79 Å². The summed E-state index contributed by atoms with van der Waals surface area (Å²) in [6.45, 7) is 3.40. The van der Waals surface area contributed by atoms with Crippen LogP contribution in [0.15, 0.2) is 30.5 Å². The maximum atomic E-state index is 10.7. The predicted octanol–water partition coefficient (Wildman–Crippen LogP) is 1.42. The van der Waals surface area contributed by atoms with Gasteiger partial charge in [-0.05, 0) is 17.7 Å². The fraction of sp³-hybridized carbons (Fsp3) is 0.333. The standard InChI is InChI=1S/C15H17ClN6O/c16-13-3-1-12(2-4-13)9-17-14-10-18-20-15(19-14)22-7-5-21(11-23)6-8-22/h1-4,10-11H,5-9H2,(H,17,19,20). The molecule has 2 heterocycles. The van der Waals surface area contributed by atoms with E-state index >= 15 is 0 Å². The lowest BCUT2D eigenvalue weighted by atomic mass is 10.2. The minimum absolute atomic E-state index is 0.580. The molecule has 0 spiro atoms. The van der Waals surface area contributed by atoms with Crippen molar-refractivity contribution in [3.05, 3.63) is 41.0 Å². The normalized spacial score (nSPS) is 14.7. The van der Waals surface area contributed by atoms with Crippen LogP contribution in [0.5, 0.6) is 0 Å². The Morgan fingerprint density at radius 2 is 1.91 bits per heavy atom. The topological polar surface area (TPSA) is 74.2 Å². The third kappa shape index (κ3) is 4.07. The van der Waals surface area contributed by atoms with Crippen LogP contribution in [0.4, 0.5) is 11.8 Å². The van der Waals surface area contributed by atoms with Gasteiger partial charge in [-0.15, -0.1) is 5.10 Å². The molecule has 0 unspecified atom stereocenters. The number of carbonyl (C=O) groups excluding carboxylic acids is 1. The molecule has 0 saturated carbocycles. The summed E-state index contributed by atoms with van der Waals surface area (Å²) in [7, 11) is 0. The average molecular weight is 333 g/mol. The van der Waals surface area contributed by atoms with E-state index in [1.54, 1.807) is 11.1 Å². The first-order chi connectivity index (χ1) is 11.2. The Bertz CT molecular complexity index is 657. The number of piperazine rings is 1. The number of nitrogens with zero attached hydrogens (tertiary/aromatic N) is 5. The van der Waals surface area contributed by atoms with Gasteiger partial charge in [0.2, 0.25) is 12.4 Å². The van der Waals surface area contributed by atoms with Gasteiger partial charge in [0.15, 0.2) is 5.82 Å². The summed E-state index contributed by atoms with van der Waals surface area (Å²) in [6, 6.07) is 7.64. The van der Waals surface area contributed by atoms with Crippen LogP contribution in [0.25, 0.3) is 0 Å². The minimum atomic E-state index is 0.580. The second kappa shape index (κ2) is 7.23. The molecule has 0 aliphatic carbocycles. The third-order valence-electron chi connectivity index (χ3n) is 3.68. The predicted molar refractivity (Wildman–Crippen MR) is 88.5 cm³/mol. The lowest BCUT2D eigenvalue weighted by molar-refractivity contribution is -0.118. The Morgan fingerprint density at radius 3 is 2.61 bits per heavy atom. The Morgan fingerprint density at radius 1 is 1.17 bits per heavy atom. The van der Waals surface area contributed by atoms with E-state index in [0.717, 1.165) is 12.0 Å². The molecule has 120 valence electrons. The zero-order valence-corrected chi connectivity index (χ0v) is 13.3. The lowest BCUT2D eigenvalue weighted by Gasteiger charge is -2.32. The summed E-state index contributed by atoms with van der Waals surface area (Å²) in [5.41, 5.74) is 1.11. The summed E-state index contributed by atoms with van der Waals surface area (Å²) in [4.78, 5) is 19.0. The summed E-state index contributed by atoms with van der Waals surface area (Å²) < 4.78 is 0. The van der Waals surface area contributed by atoms with Crippen molar-refractivity contribution < 1.29 is 4.79 Å². The number of benzene rings is 1. The van der Waals surface area contributed by atoms with Gasteiger partial charge in [0.1, 0.15) is 0 Å². The van der Waals surface area contributed by atoms with Crippen LogP contribution in [0.1, 0.15) is 5.56 Å². The summed E-state index contributed by atoms with van der Waals surface area (Å²) in [5, 5.41) is 12.0. The lowest BCUT2D eigenvalue weighted by Crippen LogP contribution is -2.46. The number of halogens is 1. The zero-order valence-electron chi connectivity index (χ0n) is 12.5. The number of aromatic nitrogens is 3. The molecule has 3 rings (SSSR count). The van der Waals surface area contributed by atoms with Crippen molar-refractivity contribution >= 4 is 29.8 Å². The number of anilines is 2. The number of nitrogens with one attached hydrogen (secondary N) is 1. The van der Waals surface area contributed by atoms with E-state index in [2.05, 4.69) is 20.5 Å². The second-order valence-corrected chi connectivity index (χ2v) is 5.69. The molecule has 1 aliphatic rings. The van der Waals surface area contributed by atoms with Crippen LogP contribution in [-0.4, -0.2) is 52.7 Å². The van der Waals surface area contributed by atoms with Crippen molar-refractivity contribution in [3.63, 3.8) is 0 Å². The van der Waals surface area contributed by atoms with Gasteiger partial charge in [-0.2, -0.15) is 10.1 Å². The van der Waals surface area contributed by atoms with Crippen molar-refractivity contribution in [2.45, 2.75) is 6.54 Å². The molecule has 0 radical (unpaired) electrons. The highest BCUT2D eigenvalue weighted by Gasteiger charge is 2.18. The number of carbonyl (C=O) groups is 1. The van der Waals surface area contributed by atoms with Gasteiger partial charge in [0.05, 0.1) is 6.20 Å². The van der Waals surface area contributed by atoms with Crippen molar-refractivity contribution in [2.24, 2.45) is 0 Å². The summed E-state index contributed by atoms with van der Waals surface area (Å²) >= 11 is 5.87. The summed E-state index contributed by atoms with van der Waals surface area (Å²) in [5.74, 6) is 1.25. The molecule has 1 fully saturated rings. The van der Waals surface area contributed by atoms with E-state index in [9.17, 15) is 4.79 Å². The quantitative estimate of drug-likeness (QED) is 0.835. The molecule has 1 amide bonds. The fourth-order valence-electron chi connectivity index (χ4n) is 2.34. The van der Waals surface area contributed by atoms with Crippen LogP contribution >= 0.6 is 11.6 Å². The Labute approximate surface area is 139 Å². The molecule has 0 bridgehead atoms. The first-order valence-corrected chi connectivity index (χ1v) is 7.75. The van der Waals surface area contributed by atoms with Crippen LogP contribution in [0.3, 0.4) is 0 Å². The maximum absolute atomic E-state index is 10.7. The zero-order chi connectivity index (χ0) is 16.1. The molecule has 1 N–H and O–H groups in total. The average Bonchev–Trinajstić information content (AvgIpc) is 2.61. The summed E-state index contributed by atoms with van der Waals surface area (Å²) in [6.07, 6.45) is 2.47. The monoisotopic (exact) mass is 332 g/mol. The largest absolute Gasteiger partial charge is 0.365 e. The van der Waals surface area contributed by atoms with E-state index in [-0.39, 0.29) is 0 Å². The van der Waals surface area contributed by atoms with Crippen LogP contribution in [0, 0.1) is 0 Å². The third-order valence-corrected chi connectivity index (χ3v) is 3.93. The molecule has 2 aromatic rings. The van der Waals surface area contributed by atoms with Crippen LogP contribution in [-0.2, 0) is 11.3 Å². The van der Waals surface area contributed by atoms with Crippen LogP contribution < -0.4 is 10.2 Å². The SMILES string of the molecule is O=CN1CCN(c2nncc(NCc3ccc(Cl)cc3)n2)CC1. The molecular weight excluding hydrogens is 316 g/mol. The van der Waals surface area contributed by atoms with E-state index < -0.39 is 0 Å². The Balaban J connectivity index is 1.61. The highest BCUT2D eigenvalue weighted by atomic mass is 35.5. The number of hydrogen-bond acceptors (Lipinski definition) is 6. The number of rotatable bonds is 5. The molecule has 1 aromatic carbocycles. The van der Waals surface area contributed by atoms with Crippen molar-refractivity contribution in [1.29, 1.82) is 0 Å². The van der Waals surface area contributed by atoms with Crippen molar-refractivity contribution in [1.82, 2.24) is 20.1 Å². The van der Waals surface area contributed by atoms with E-state index in [1.165, 1.54) is 0 Å². The molecule has 1 aromatic heterocycles. The smallest absolute Gasteiger partial charge is 0.247 e. The molecule has 1 aliphatic heterocycles. The van der Waals surface area contributed by atoms with Gasteiger partial charge in [-0.25, -0.2) is 0 Å². The van der Waals surface area contributed by atoms with Crippen molar-refractivity contribution in [2.75, 3.05) is 36.4 Å². The molecule has 7 nitrogen and oxygen atoms in total. The highest BCUT2D eigenvalue weighted by molar-refractivity contribution is 6.30. The van der Waals surface area contributed by atoms with E-state index in [1.807, 2.05) is 29.2 Å². The van der Waals surface area contributed by atoms with Gasteiger partial charge in [0.25, 0.3) is 0 Å². The fourth-order valence-corrected chi connectivity index (χ4v) is 2.46. The molecule has 8 heteroatoms. The number of hydrogen-bond donors (Lipinski definition) is 1. The molecule has 23 heavy (non-hydrogen) atoms. The van der Waals surface area contributed by atoms with Gasteiger partial charge in [0, 0.05) is 37.7 Å². The van der Waals surface area contributed by atoms with Gasteiger partial charge < -0.3 is 15.1 Å². The molecule has 0 atom stereocenters. The van der Waals surface area contributed by atoms with Gasteiger partial charge in [-0.1, -0.05) is 23.7 Å². The minimum Gasteiger partial charge on any atom is -0.365 e. The first kappa shape index (κ1) is 15.5. The molecule has 1 saturated heterocycles. The Kier molecular flexibility index (Phi) is 4.87. The Hall–Kier alpha value is -2.41. The first-order valence-electron chi connectivity index (χ1n) is 7.37. The van der Waals surface area contributed by atoms with Crippen LogP contribution in [0.2, 0.25) is 5.02 Å². The van der Waals surface area contributed by atoms with Crippen molar-refractivity contribution in [3.8, 4) is 0 Å². The second-order valence-electron chi connectivity index (χ2n) is 5.25. The number of amides is 1. The highest BCUT2D eigenvalue weighted by Crippen LogP contribution is 2.14.